The summed E-state index contributed by atoms with van der Waals surface area (Å²) in [6.45, 7) is 1.42. The second-order valence-corrected chi connectivity index (χ2v) is 3.72. The van der Waals surface area contributed by atoms with Gasteiger partial charge in [-0.3, -0.25) is 0 Å². The van der Waals surface area contributed by atoms with Gasteiger partial charge in [0.05, 0.1) is 0 Å². The van der Waals surface area contributed by atoms with Crippen molar-refractivity contribution in [2.45, 2.75) is 25.3 Å². The topological polar surface area (TPSA) is 26.0 Å². The lowest BCUT2D eigenvalue weighted by molar-refractivity contribution is 0.557. The Kier molecular flexibility index (Phi) is 1.67. The second-order valence-electron chi connectivity index (χ2n) is 3.72. The summed E-state index contributed by atoms with van der Waals surface area (Å²) in [7, 11) is 0. The van der Waals surface area contributed by atoms with Crippen molar-refractivity contribution in [2.24, 2.45) is 5.73 Å². The third-order valence-corrected chi connectivity index (χ3v) is 2.64. The van der Waals surface area contributed by atoms with E-state index in [2.05, 4.69) is 0 Å². The average Bonchev–Trinajstić information content (AvgIpc) is 2.80. The van der Waals surface area contributed by atoms with Crippen LogP contribution in [0.4, 0.5) is 8.78 Å². The lowest BCUT2D eigenvalue weighted by Gasteiger charge is -2.10. The molecule has 0 radical (unpaired) electrons. The van der Waals surface area contributed by atoms with E-state index in [1.807, 2.05) is 0 Å². The summed E-state index contributed by atoms with van der Waals surface area (Å²) in [5.41, 5.74) is 6.00. The van der Waals surface area contributed by atoms with Crippen LogP contribution in [0.3, 0.4) is 0 Å². The van der Waals surface area contributed by atoms with Gasteiger partial charge in [-0.2, -0.15) is 0 Å². The fraction of sp³-hybridized carbons (Fsp3) is 0.400. The minimum atomic E-state index is -0.508. The molecular weight excluding hydrogens is 172 g/mol. The first-order chi connectivity index (χ1) is 6.03. The predicted octanol–water partition coefficient (Wildman–Crippen LogP) is 2.22. The van der Waals surface area contributed by atoms with E-state index in [1.54, 1.807) is 0 Å². The standard InChI is InChI=1S/C10H11F2N/c1-6-8(11)4-7(5-9(6)12)10(13)2-3-10/h4-5H,2-3,13H2,1H3. The van der Waals surface area contributed by atoms with Gasteiger partial charge in [0.15, 0.2) is 0 Å². The number of hydrogen-bond donors (Lipinski definition) is 1. The van der Waals surface area contributed by atoms with Crippen molar-refractivity contribution in [1.82, 2.24) is 0 Å². The fourth-order valence-electron chi connectivity index (χ4n) is 1.36. The van der Waals surface area contributed by atoms with Crippen LogP contribution in [0.2, 0.25) is 0 Å². The van der Waals surface area contributed by atoms with Crippen LogP contribution in [0.25, 0.3) is 0 Å². The molecule has 0 spiro atoms. The average molecular weight is 183 g/mol. The molecule has 1 saturated carbocycles. The molecule has 0 atom stereocenters. The first kappa shape index (κ1) is 8.63. The summed E-state index contributed by atoms with van der Waals surface area (Å²) in [4.78, 5) is 0. The number of nitrogens with two attached hydrogens (primary N) is 1. The molecule has 0 heterocycles. The van der Waals surface area contributed by atoms with Gasteiger partial charge in [-0.15, -0.1) is 0 Å². The summed E-state index contributed by atoms with van der Waals surface area (Å²) in [6.07, 6.45) is 1.63. The lowest BCUT2D eigenvalue weighted by atomic mass is 10.0. The Labute approximate surface area is 75.6 Å². The molecule has 1 aliphatic rings. The largest absolute Gasteiger partial charge is 0.321 e. The van der Waals surface area contributed by atoms with Gasteiger partial charge in [0, 0.05) is 11.1 Å². The number of rotatable bonds is 1. The van der Waals surface area contributed by atoms with E-state index in [0.29, 0.717) is 5.56 Å². The van der Waals surface area contributed by atoms with Gasteiger partial charge in [-0.05, 0) is 37.5 Å². The Morgan fingerprint density at radius 1 is 1.23 bits per heavy atom. The minimum Gasteiger partial charge on any atom is -0.321 e. The smallest absolute Gasteiger partial charge is 0.129 e. The zero-order chi connectivity index (χ0) is 9.64. The summed E-state index contributed by atoms with van der Waals surface area (Å²) < 4.78 is 26.2. The highest BCUT2D eigenvalue weighted by molar-refractivity contribution is 5.33. The van der Waals surface area contributed by atoms with Crippen molar-refractivity contribution < 1.29 is 8.78 Å². The Balaban J connectivity index is 2.50. The van der Waals surface area contributed by atoms with E-state index in [1.165, 1.54) is 19.1 Å². The molecular formula is C10H11F2N. The maximum absolute atomic E-state index is 13.1. The molecule has 0 unspecified atom stereocenters. The zero-order valence-electron chi connectivity index (χ0n) is 7.40. The molecule has 0 saturated heterocycles. The molecule has 3 heteroatoms. The molecule has 2 N–H and O–H groups in total. The number of halogens is 2. The zero-order valence-corrected chi connectivity index (χ0v) is 7.40. The Bertz CT molecular complexity index is 333. The van der Waals surface area contributed by atoms with Crippen molar-refractivity contribution in [3.05, 3.63) is 34.9 Å². The molecule has 0 bridgehead atoms. The summed E-state index contributed by atoms with van der Waals surface area (Å²) in [5, 5.41) is 0. The molecule has 13 heavy (non-hydrogen) atoms. The molecule has 0 aliphatic heterocycles. The van der Waals surface area contributed by atoms with Crippen LogP contribution in [-0.4, -0.2) is 0 Å². The van der Waals surface area contributed by atoms with Gasteiger partial charge in [0.2, 0.25) is 0 Å². The number of hydrogen-bond acceptors (Lipinski definition) is 1. The SMILES string of the molecule is Cc1c(F)cc(C2(N)CC2)cc1F. The van der Waals surface area contributed by atoms with Crippen LogP contribution in [0.5, 0.6) is 0 Å². The summed E-state index contributed by atoms with van der Waals surface area (Å²) in [6, 6.07) is 2.68. The first-order valence-electron chi connectivity index (χ1n) is 4.28. The molecule has 70 valence electrons. The Morgan fingerprint density at radius 3 is 2.08 bits per heavy atom. The molecule has 1 nitrogen and oxygen atoms in total. The van der Waals surface area contributed by atoms with Gasteiger partial charge in [-0.25, -0.2) is 8.78 Å². The van der Waals surface area contributed by atoms with Crippen molar-refractivity contribution >= 4 is 0 Å². The predicted molar refractivity (Wildman–Crippen MR) is 46.2 cm³/mol. The van der Waals surface area contributed by atoms with Crippen LogP contribution < -0.4 is 5.73 Å². The van der Waals surface area contributed by atoms with E-state index in [4.69, 9.17) is 5.73 Å². The van der Waals surface area contributed by atoms with E-state index in [-0.39, 0.29) is 5.56 Å². The molecule has 2 rings (SSSR count). The van der Waals surface area contributed by atoms with E-state index < -0.39 is 17.2 Å². The molecule has 1 fully saturated rings. The number of benzene rings is 1. The molecule has 1 aromatic carbocycles. The normalized spacial score (nSPS) is 18.8. The maximum atomic E-state index is 13.1. The summed E-state index contributed by atoms with van der Waals surface area (Å²) >= 11 is 0. The van der Waals surface area contributed by atoms with Gasteiger partial charge in [-0.1, -0.05) is 0 Å². The lowest BCUT2D eigenvalue weighted by Crippen LogP contribution is -2.19. The van der Waals surface area contributed by atoms with Crippen LogP contribution >= 0.6 is 0 Å². The maximum Gasteiger partial charge on any atom is 0.129 e. The van der Waals surface area contributed by atoms with Crippen molar-refractivity contribution in [1.29, 1.82) is 0 Å². The van der Waals surface area contributed by atoms with E-state index in [0.717, 1.165) is 12.8 Å². The van der Waals surface area contributed by atoms with Crippen LogP contribution in [0, 0.1) is 18.6 Å². The third-order valence-electron chi connectivity index (χ3n) is 2.64. The van der Waals surface area contributed by atoms with Crippen LogP contribution in [0.1, 0.15) is 24.0 Å². The van der Waals surface area contributed by atoms with Gasteiger partial charge < -0.3 is 5.73 Å². The molecule has 1 aliphatic carbocycles. The summed E-state index contributed by atoms with van der Waals surface area (Å²) in [5.74, 6) is -1.02. The van der Waals surface area contributed by atoms with Gasteiger partial charge in [0.25, 0.3) is 0 Å². The third kappa shape index (κ3) is 1.33. The minimum absolute atomic E-state index is 0.0630. The van der Waals surface area contributed by atoms with Crippen molar-refractivity contribution in [3.63, 3.8) is 0 Å². The van der Waals surface area contributed by atoms with Crippen molar-refractivity contribution in [2.75, 3.05) is 0 Å². The first-order valence-corrected chi connectivity index (χ1v) is 4.28. The van der Waals surface area contributed by atoms with Gasteiger partial charge >= 0.3 is 0 Å². The monoisotopic (exact) mass is 183 g/mol. The Hall–Kier alpha value is -0.960. The van der Waals surface area contributed by atoms with Crippen molar-refractivity contribution in [3.8, 4) is 0 Å². The highest BCUT2D eigenvalue weighted by Crippen LogP contribution is 2.43. The van der Waals surface area contributed by atoms with Gasteiger partial charge in [0.1, 0.15) is 11.6 Å². The fourth-order valence-corrected chi connectivity index (χ4v) is 1.36. The van der Waals surface area contributed by atoms with E-state index >= 15 is 0 Å². The molecule has 0 amide bonds. The second kappa shape index (κ2) is 2.51. The highest BCUT2D eigenvalue weighted by Gasteiger charge is 2.40. The Morgan fingerprint density at radius 2 is 1.69 bits per heavy atom. The van der Waals surface area contributed by atoms with E-state index in [9.17, 15) is 8.78 Å². The quantitative estimate of drug-likeness (QED) is 0.709. The molecule has 1 aromatic rings. The van der Waals surface area contributed by atoms with Crippen LogP contribution in [0.15, 0.2) is 12.1 Å². The highest BCUT2D eigenvalue weighted by atomic mass is 19.1. The van der Waals surface area contributed by atoms with Crippen LogP contribution in [-0.2, 0) is 5.54 Å². The molecule has 0 aromatic heterocycles.